The Hall–Kier alpha value is -2.70. The summed E-state index contributed by atoms with van der Waals surface area (Å²) < 4.78 is 31.2. The summed E-state index contributed by atoms with van der Waals surface area (Å²) in [4.78, 5) is 12.6. The lowest BCUT2D eigenvalue weighted by Gasteiger charge is -2.13. The average Bonchev–Trinajstić information content (AvgIpc) is 2.61. The summed E-state index contributed by atoms with van der Waals surface area (Å²) in [6.45, 7) is 1.74. The van der Waals surface area contributed by atoms with Crippen LogP contribution < -0.4 is 4.74 Å². The van der Waals surface area contributed by atoms with E-state index in [1.165, 1.54) is 26.2 Å². The van der Waals surface area contributed by atoms with Crippen LogP contribution in [-0.2, 0) is 10.0 Å². The van der Waals surface area contributed by atoms with Crippen molar-refractivity contribution >= 4 is 26.8 Å². The van der Waals surface area contributed by atoms with Gasteiger partial charge in [0, 0.05) is 14.1 Å². The number of aryl methyl sites for hydroxylation is 1. The van der Waals surface area contributed by atoms with E-state index in [9.17, 15) is 13.2 Å². The highest BCUT2D eigenvalue weighted by atomic mass is 32.2. The maximum Gasteiger partial charge on any atom is 0.343 e. The summed E-state index contributed by atoms with van der Waals surface area (Å²) in [7, 11) is -0.732. The van der Waals surface area contributed by atoms with Crippen LogP contribution in [0.2, 0.25) is 0 Å². The van der Waals surface area contributed by atoms with E-state index in [0.717, 1.165) is 15.1 Å². The number of benzene rings is 3. The van der Waals surface area contributed by atoms with Crippen LogP contribution in [0.4, 0.5) is 0 Å². The molecule has 0 saturated heterocycles. The second-order valence-electron chi connectivity index (χ2n) is 6.16. The molecule has 0 amide bonds. The number of sulfonamides is 1. The lowest BCUT2D eigenvalue weighted by Crippen LogP contribution is -2.23. The number of carbonyl (C=O) groups is 1. The maximum atomic E-state index is 12.6. The molecule has 0 bridgehead atoms. The molecule has 6 heteroatoms. The van der Waals surface area contributed by atoms with E-state index in [-0.39, 0.29) is 10.5 Å². The lowest BCUT2D eigenvalue weighted by atomic mass is 10.1. The first-order chi connectivity index (χ1) is 12.3. The van der Waals surface area contributed by atoms with E-state index in [1.807, 2.05) is 30.3 Å². The van der Waals surface area contributed by atoms with Crippen molar-refractivity contribution < 1.29 is 17.9 Å². The largest absolute Gasteiger partial charge is 0.423 e. The van der Waals surface area contributed by atoms with Crippen LogP contribution in [0.25, 0.3) is 10.8 Å². The van der Waals surface area contributed by atoms with Crippen LogP contribution in [0.1, 0.15) is 15.9 Å². The number of fused-ring (bicyclic) bond motifs is 1. The monoisotopic (exact) mass is 369 g/mol. The smallest absolute Gasteiger partial charge is 0.343 e. The van der Waals surface area contributed by atoms with Gasteiger partial charge in [-0.3, -0.25) is 0 Å². The summed E-state index contributed by atoms with van der Waals surface area (Å²) in [5.74, 6) is -0.178. The van der Waals surface area contributed by atoms with Crippen molar-refractivity contribution in [1.82, 2.24) is 4.31 Å². The molecule has 0 aliphatic carbocycles. The normalized spacial score (nSPS) is 11.7. The summed E-state index contributed by atoms with van der Waals surface area (Å²) in [5, 5.41) is 2.00. The van der Waals surface area contributed by atoms with E-state index >= 15 is 0 Å². The molecule has 0 aliphatic heterocycles. The minimum Gasteiger partial charge on any atom is -0.423 e. The minimum atomic E-state index is -3.63. The molecular formula is C20H19NO4S. The molecule has 26 heavy (non-hydrogen) atoms. The third-order valence-electron chi connectivity index (χ3n) is 4.14. The van der Waals surface area contributed by atoms with Gasteiger partial charge < -0.3 is 4.74 Å². The minimum absolute atomic E-state index is 0.0542. The predicted octanol–water partition coefficient (Wildman–Crippen LogP) is 3.62. The van der Waals surface area contributed by atoms with Crippen molar-refractivity contribution in [3.05, 3.63) is 71.8 Å². The summed E-state index contributed by atoms with van der Waals surface area (Å²) in [6, 6.07) is 17.6. The van der Waals surface area contributed by atoms with Gasteiger partial charge >= 0.3 is 5.97 Å². The molecule has 0 spiro atoms. The Balaban J connectivity index is 1.94. The molecule has 3 aromatic rings. The van der Waals surface area contributed by atoms with Crippen molar-refractivity contribution in [2.45, 2.75) is 11.8 Å². The van der Waals surface area contributed by atoms with Crippen LogP contribution in [0.15, 0.2) is 65.6 Å². The lowest BCUT2D eigenvalue weighted by molar-refractivity contribution is 0.0734. The molecule has 5 nitrogen and oxygen atoms in total. The van der Waals surface area contributed by atoms with Gasteiger partial charge in [-0.25, -0.2) is 17.5 Å². The van der Waals surface area contributed by atoms with Gasteiger partial charge in [0.2, 0.25) is 10.0 Å². The molecule has 3 rings (SSSR count). The van der Waals surface area contributed by atoms with E-state index in [2.05, 4.69) is 0 Å². The first-order valence-electron chi connectivity index (χ1n) is 8.03. The highest BCUT2D eigenvalue weighted by molar-refractivity contribution is 7.89. The van der Waals surface area contributed by atoms with Gasteiger partial charge in [-0.1, -0.05) is 36.4 Å². The van der Waals surface area contributed by atoms with Crippen molar-refractivity contribution in [2.75, 3.05) is 14.1 Å². The van der Waals surface area contributed by atoms with E-state index in [4.69, 9.17) is 4.74 Å². The Morgan fingerprint density at radius 1 is 0.923 bits per heavy atom. The summed E-state index contributed by atoms with van der Waals surface area (Å²) in [5.41, 5.74) is 0.870. The molecule has 0 heterocycles. The van der Waals surface area contributed by atoms with Gasteiger partial charge in [-0.05, 0) is 47.5 Å². The third kappa shape index (κ3) is 3.47. The van der Waals surface area contributed by atoms with E-state index in [0.29, 0.717) is 11.3 Å². The molecule has 0 fully saturated rings. The van der Waals surface area contributed by atoms with Crippen LogP contribution in [0.5, 0.6) is 5.75 Å². The van der Waals surface area contributed by atoms with Gasteiger partial charge in [0.1, 0.15) is 5.75 Å². The van der Waals surface area contributed by atoms with Crippen molar-refractivity contribution in [1.29, 1.82) is 0 Å². The van der Waals surface area contributed by atoms with Crippen LogP contribution >= 0.6 is 0 Å². The van der Waals surface area contributed by atoms with Crippen LogP contribution in [0, 0.1) is 6.92 Å². The van der Waals surface area contributed by atoms with Gasteiger partial charge in [0.25, 0.3) is 0 Å². The fourth-order valence-electron chi connectivity index (χ4n) is 2.59. The molecule has 0 aliphatic rings. The molecular weight excluding hydrogens is 350 g/mol. The van der Waals surface area contributed by atoms with Gasteiger partial charge in [0.05, 0.1) is 10.5 Å². The standard InChI is InChI=1S/C20H19NO4S/c1-14-8-11-18(26(23,24)21(2)3)13-19(14)20(22)25-17-10-9-15-6-4-5-7-16(15)12-17/h4-13H,1-3H3. The Labute approximate surface area is 152 Å². The first kappa shape index (κ1) is 18.1. The first-order valence-corrected chi connectivity index (χ1v) is 9.47. The zero-order valence-electron chi connectivity index (χ0n) is 14.8. The highest BCUT2D eigenvalue weighted by Gasteiger charge is 2.21. The molecule has 0 unspecified atom stereocenters. The maximum absolute atomic E-state index is 12.6. The number of nitrogens with zero attached hydrogens (tertiary/aromatic N) is 1. The molecule has 134 valence electrons. The summed E-state index contributed by atoms with van der Waals surface area (Å²) >= 11 is 0. The zero-order valence-corrected chi connectivity index (χ0v) is 15.6. The van der Waals surface area contributed by atoms with Crippen molar-refractivity contribution in [3.63, 3.8) is 0 Å². The number of ether oxygens (including phenoxy) is 1. The molecule has 0 N–H and O–H groups in total. The van der Waals surface area contributed by atoms with Crippen LogP contribution in [0.3, 0.4) is 0 Å². The summed E-state index contributed by atoms with van der Waals surface area (Å²) in [6.07, 6.45) is 0. The van der Waals surface area contributed by atoms with Gasteiger partial charge in [0.15, 0.2) is 0 Å². The predicted molar refractivity (Wildman–Crippen MR) is 101 cm³/mol. The highest BCUT2D eigenvalue weighted by Crippen LogP contribution is 2.23. The van der Waals surface area contributed by atoms with Gasteiger partial charge in [-0.15, -0.1) is 0 Å². The number of carbonyl (C=O) groups excluding carboxylic acids is 1. The number of hydrogen-bond acceptors (Lipinski definition) is 4. The topological polar surface area (TPSA) is 63.7 Å². The fourth-order valence-corrected chi connectivity index (χ4v) is 3.51. The Morgan fingerprint density at radius 2 is 1.62 bits per heavy atom. The molecule has 3 aromatic carbocycles. The average molecular weight is 369 g/mol. The van der Waals surface area contributed by atoms with E-state index in [1.54, 1.807) is 25.1 Å². The molecule has 0 atom stereocenters. The number of hydrogen-bond donors (Lipinski definition) is 0. The zero-order chi connectivity index (χ0) is 18.9. The second kappa shape index (κ2) is 6.90. The van der Waals surface area contributed by atoms with Crippen molar-refractivity contribution in [3.8, 4) is 5.75 Å². The second-order valence-corrected chi connectivity index (χ2v) is 8.31. The Morgan fingerprint density at radius 3 is 2.31 bits per heavy atom. The van der Waals surface area contributed by atoms with Gasteiger partial charge in [-0.2, -0.15) is 0 Å². The molecule has 0 saturated carbocycles. The third-order valence-corrected chi connectivity index (χ3v) is 5.95. The van der Waals surface area contributed by atoms with E-state index < -0.39 is 16.0 Å². The van der Waals surface area contributed by atoms with Crippen LogP contribution in [-0.4, -0.2) is 32.8 Å². The Bertz CT molecular complexity index is 1090. The SMILES string of the molecule is Cc1ccc(S(=O)(=O)N(C)C)cc1C(=O)Oc1ccc2ccccc2c1. The Kier molecular flexibility index (Phi) is 4.80. The quantitative estimate of drug-likeness (QED) is 0.520. The number of rotatable bonds is 4. The molecule has 0 radical (unpaired) electrons. The molecule has 0 aromatic heterocycles. The number of esters is 1. The fraction of sp³-hybridized carbons (Fsp3) is 0.150. The van der Waals surface area contributed by atoms with Crippen molar-refractivity contribution in [2.24, 2.45) is 0 Å².